The summed E-state index contributed by atoms with van der Waals surface area (Å²) in [6.45, 7) is 3.73. The number of hydrogen-bond donors (Lipinski definition) is 1. The molecule has 2 aromatic rings. The Morgan fingerprint density at radius 2 is 1.93 bits per heavy atom. The molecule has 29 heavy (non-hydrogen) atoms. The fourth-order valence-corrected chi connectivity index (χ4v) is 3.36. The predicted octanol–water partition coefficient (Wildman–Crippen LogP) is 2.28. The molecule has 2 heterocycles. The summed E-state index contributed by atoms with van der Waals surface area (Å²) in [4.78, 5) is 14.3. The number of carbonyl (C=O) groups excluding carboxylic acids is 1. The van der Waals surface area contributed by atoms with Crippen LogP contribution >= 0.6 is 11.8 Å². The van der Waals surface area contributed by atoms with Crippen molar-refractivity contribution in [2.75, 3.05) is 37.4 Å². The lowest BCUT2D eigenvalue weighted by Crippen LogP contribution is -2.36. The van der Waals surface area contributed by atoms with Gasteiger partial charge in [-0.2, -0.15) is 0 Å². The van der Waals surface area contributed by atoms with E-state index in [0.717, 1.165) is 31.0 Å². The second-order valence-corrected chi connectivity index (χ2v) is 7.20. The molecular formula is C17H20F3N5O3S. The van der Waals surface area contributed by atoms with E-state index in [9.17, 15) is 18.0 Å². The third-order valence-electron chi connectivity index (χ3n) is 4.10. The van der Waals surface area contributed by atoms with E-state index < -0.39 is 6.36 Å². The normalized spacial score (nSPS) is 15.3. The number of halogens is 3. The molecule has 1 saturated heterocycles. The third kappa shape index (κ3) is 6.61. The summed E-state index contributed by atoms with van der Waals surface area (Å²) in [7, 11) is 1.84. The second-order valence-electron chi connectivity index (χ2n) is 6.26. The fraction of sp³-hybridized carbons (Fsp3) is 0.471. The van der Waals surface area contributed by atoms with E-state index in [1.165, 1.54) is 23.9 Å². The number of nitrogens with zero attached hydrogens (tertiary/aromatic N) is 4. The molecule has 0 spiro atoms. The van der Waals surface area contributed by atoms with Crippen molar-refractivity contribution in [2.24, 2.45) is 7.05 Å². The molecule has 0 atom stereocenters. The molecule has 1 amide bonds. The van der Waals surface area contributed by atoms with Crippen LogP contribution in [0, 0.1) is 0 Å². The average Bonchev–Trinajstić information content (AvgIpc) is 3.01. The Balaban J connectivity index is 1.48. The minimum atomic E-state index is -4.75. The molecule has 0 unspecified atom stereocenters. The lowest BCUT2D eigenvalue weighted by molar-refractivity contribution is -0.274. The van der Waals surface area contributed by atoms with Gasteiger partial charge in [-0.15, -0.1) is 23.4 Å². The van der Waals surface area contributed by atoms with Crippen molar-refractivity contribution in [1.29, 1.82) is 0 Å². The lowest BCUT2D eigenvalue weighted by atomic mass is 10.3. The number of benzene rings is 1. The Morgan fingerprint density at radius 3 is 2.59 bits per heavy atom. The number of rotatable bonds is 7. The van der Waals surface area contributed by atoms with E-state index in [2.05, 4.69) is 25.2 Å². The van der Waals surface area contributed by atoms with Crippen LogP contribution in [0.5, 0.6) is 5.75 Å². The van der Waals surface area contributed by atoms with Crippen LogP contribution < -0.4 is 10.1 Å². The Bertz CT molecular complexity index is 823. The predicted molar refractivity (Wildman–Crippen MR) is 99.6 cm³/mol. The first kappa shape index (κ1) is 21.4. The van der Waals surface area contributed by atoms with Crippen LogP contribution in [0.4, 0.5) is 18.9 Å². The van der Waals surface area contributed by atoms with Crippen LogP contribution in [0.15, 0.2) is 29.4 Å². The van der Waals surface area contributed by atoms with Crippen molar-refractivity contribution in [2.45, 2.75) is 18.1 Å². The third-order valence-corrected chi connectivity index (χ3v) is 5.12. The zero-order chi connectivity index (χ0) is 20.9. The van der Waals surface area contributed by atoms with Gasteiger partial charge in [0.25, 0.3) is 0 Å². The van der Waals surface area contributed by atoms with Crippen LogP contribution in [0.25, 0.3) is 0 Å². The molecule has 1 N–H and O–H groups in total. The van der Waals surface area contributed by atoms with Gasteiger partial charge in [-0.1, -0.05) is 11.8 Å². The highest BCUT2D eigenvalue weighted by Gasteiger charge is 2.31. The highest BCUT2D eigenvalue weighted by Crippen LogP contribution is 2.24. The van der Waals surface area contributed by atoms with E-state index >= 15 is 0 Å². The smallest absolute Gasteiger partial charge is 0.406 e. The zero-order valence-electron chi connectivity index (χ0n) is 15.6. The molecule has 1 fully saturated rings. The monoisotopic (exact) mass is 431 g/mol. The molecule has 1 aliphatic rings. The van der Waals surface area contributed by atoms with E-state index in [1.807, 2.05) is 11.6 Å². The summed E-state index contributed by atoms with van der Waals surface area (Å²) in [5.74, 6) is 0.230. The minimum Gasteiger partial charge on any atom is -0.406 e. The molecule has 0 aliphatic carbocycles. The van der Waals surface area contributed by atoms with Crippen LogP contribution in [0.2, 0.25) is 0 Å². The van der Waals surface area contributed by atoms with Crippen LogP contribution in [0.3, 0.4) is 0 Å². The molecule has 1 aromatic heterocycles. The van der Waals surface area contributed by atoms with Crippen molar-refractivity contribution in [3.8, 4) is 5.75 Å². The number of hydrogen-bond acceptors (Lipinski definition) is 7. The molecule has 0 radical (unpaired) electrons. The Hall–Kier alpha value is -2.31. The van der Waals surface area contributed by atoms with Gasteiger partial charge in [-0.05, 0) is 24.3 Å². The number of thioether (sulfide) groups is 1. The summed E-state index contributed by atoms with van der Waals surface area (Å²) in [5, 5.41) is 11.5. The zero-order valence-corrected chi connectivity index (χ0v) is 16.4. The minimum absolute atomic E-state index is 0.0876. The molecule has 8 nitrogen and oxygen atoms in total. The Labute approximate surface area is 169 Å². The average molecular weight is 431 g/mol. The SMILES string of the molecule is Cn1c(CN2CCOCC2)nnc1SCC(=O)Nc1ccc(OC(F)(F)F)cc1. The maximum absolute atomic E-state index is 12.2. The maximum atomic E-state index is 12.2. The largest absolute Gasteiger partial charge is 0.573 e. The van der Waals surface area contributed by atoms with Crippen molar-refractivity contribution >= 4 is 23.4 Å². The van der Waals surface area contributed by atoms with Gasteiger partial charge in [0.1, 0.15) is 11.6 Å². The standard InChI is InChI=1S/C17H20F3N5O3S/c1-24-14(10-25-6-8-27-9-7-25)22-23-16(24)29-11-15(26)21-12-2-4-13(5-3-12)28-17(18,19)20/h2-5H,6-11H2,1H3,(H,21,26). The number of anilines is 1. The topological polar surface area (TPSA) is 81.5 Å². The van der Waals surface area contributed by atoms with Gasteiger partial charge in [0, 0.05) is 25.8 Å². The van der Waals surface area contributed by atoms with Gasteiger partial charge in [-0.25, -0.2) is 0 Å². The van der Waals surface area contributed by atoms with E-state index in [-0.39, 0.29) is 17.4 Å². The highest BCUT2D eigenvalue weighted by molar-refractivity contribution is 7.99. The first-order chi connectivity index (χ1) is 13.8. The van der Waals surface area contributed by atoms with Gasteiger partial charge >= 0.3 is 6.36 Å². The van der Waals surface area contributed by atoms with E-state index in [1.54, 1.807) is 0 Å². The molecule has 12 heteroatoms. The van der Waals surface area contributed by atoms with Gasteiger partial charge in [0.05, 0.1) is 25.5 Å². The van der Waals surface area contributed by atoms with Gasteiger partial charge in [-0.3, -0.25) is 9.69 Å². The maximum Gasteiger partial charge on any atom is 0.573 e. The summed E-state index contributed by atoms with van der Waals surface area (Å²) in [6, 6.07) is 4.95. The second kappa shape index (κ2) is 9.46. The van der Waals surface area contributed by atoms with E-state index in [0.29, 0.717) is 30.6 Å². The van der Waals surface area contributed by atoms with Crippen molar-refractivity contribution in [1.82, 2.24) is 19.7 Å². The van der Waals surface area contributed by atoms with Crippen molar-refractivity contribution in [3.05, 3.63) is 30.1 Å². The Morgan fingerprint density at radius 1 is 1.24 bits per heavy atom. The first-order valence-electron chi connectivity index (χ1n) is 8.77. The van der Waals surface area contributed by atoms with Gasteiger partial charge < -0.3 is 19.4 Å². The summed E-state index contributed by atoms with van der Waals surface area (Å²) < 4.78 is 47.5. The number of aromatic nitrogens is 3. The fourth-order valence-electron chi connectivity index (χ4n) is 2.63. The summed E-state index contributed by atoms with van der Waals surface area (Å²) in [5.41, 5.74) is 0.371. The van der Waals surface area contributed by atoms with Crippen molar-refractivity contribution in [3.63, 3.8) is 0 Å². The van der Waals surface area contributed by atoms with Crippen LogP contribution in [0.1, 0.15) is 5.82 Å². The first-order valence-corrected chi connectivity index (χ1v) is 9.75. The lowest BCUT2D eigenvalue weighted by Gasteiger charge is -2.25. The number of ether oxygens (including phenoxy) is 2. The Kier molecular flexibility index (Phi) is 6.98. The number of nitrogens with one attached hydrogen (secondary N) is 1. The molecule has 1 aromatic carbocycles. The van der Waals surface area contributed by atoms with E-state index in [4.69, 9.17) is 4.74 Å². The number of alkyl halides is 3. The number of amides is 1. The quantitative estimate of drug-likeness (QED) is 0.674. The molecule has 1 aliphatic heterocycles. The van der Waals surface area contributed by atoms with Gasteiger partial charge in [0.15, 0.2) is 5.16 Å². The number of carbonyl (C=O) groups is 1. The molecule has 0 saturated carbocycles. The highest BCUT2D eigenvalue weighted by atomic mass is 32.2. The van der Waals surface area contributed by atoms with Gasteiger partial charge in [0.2, 0.25) is 5.91 Å². The summed E-state index contributed by atoms with van der Waals surface area (Å²) in [6.07, 6.45) is -4.75. The molecular weight excluding hydrogens is 411 g/mol. The van der Waals surface area contributed by atoms with Crippen LogP contribution in [-0.2, 0) is 23.1 Å². The molecule has 3 rings (SSSR count). The summed E-state index contributed by atoms with van der Waals surface area (Å²) >= 11 is 1.23. The molecule has 158 valence electrons. The van der Waals surface area contributed by atoms with Crippen LogP contribution in [-0.4, -0.2) is 64.0 Å². The molecule has 0 bridgehead atoms. The number of morpholine rings is 1. The van der Waals surface area contributed by atoms with Crippen molar-refractivity contribution < 1.29 is 27.4 Å².